The second-order valence-corrected chi connectivity index (χ2v) is 5.26. The van der Waals surface area contributed by atoms with Gasteiger partial charge in [-0.1, -0.05) is 39.7 Å². The summed E-state index contributed by atoms with van der Waals surface area (Å²) in [5, 5.41) is 3.97. The summed E-state index contributed by atoms with van der Waals surface area (Å²) in [5.41, 5.74) is 2.01. The molecule has 4 heteroatoms. The third-order valence-corrected chi connectivity index (χ3v) is 3.55. The van der Waals surface area contributed by atoms with Gasteiger partial charge in [-0.25, -0.2) is 4.39 Å². The smallest absolute Gasteiger partial charge is 0.123 e. The van der Waals surface area contributed by atoms with Gasteiger partial charge in [-0.05, 0) is 41.5 Å². The number of rotatable bonds is 4. The topological polar surface area (TPSA) is 12.0 Å². The molecule has 0 spiro atoms. The van der Waals surface area contributed by atoms with Crippen LogP contribution in [0.1, 0.15) is 11.1 Å². The summed E-state index contributed by atoms with van der Waals surface area (Å²) in [5.74, 6) is -0.210. The average molecular weight is 329 g/mol. The van der Waals surface area contributed by atoms with Gasteiger partial charge in [0.2, 0.25) is 0 Å². The molecule has 0 heterocycles. The quantitative estimate of drug-likeness (QED) is 0.869. The van der Waals surface area contributed by atoms with Crippen LogP contribution in [0.3, 0.4) is 0 Å². The van der Waals surface area contributed by atoms with Crippen LogP contribution in [0.25, 0.3) is 0 Å². The minimum atomic E-state index is -0.210. The molecule has 0 saturated carbocycles. The zero-order chi connectivity index (χ0) is 13.0. The fourth-order valence-electron chi connectivity index (χ4n) is 1.67. The second kappa shape index (κ2) is 6.32. The lowest BCUT2D eigenvalue weighted by molar-refractivity contribution is 0.620. The van der Waals surface area contributed by atoms with Crippen molar-refractivity contribution in [1.29, 1.82) is 0 Å². The molecule has 0 aliphatic rings. The van der Waals surface area contributed by atoms with Crippen molar-refractivity contribution in [3.63, 3.8) is 0 Å². The predicted octanol–water partition coefficient (Wildman–Crippen LogP) is 4.53. The van der Waals surface area contributed by atoms with Crippen LogP contribution in [0.4, 0.5) is 4.39 Å². The summed E-state index contributed by atoms with van der Waals surface area (Å²) < 4.78 is 14.0. The maximum absolute atomic E-state index is 13.0. The molecule has 0 aliphatic carbocycles. The van der Waals surface area contributed by atoms with Crippen LogP contribution < -0.4 is 5.32 Å². The molecule has 0 fully saturated rings. The minimum absolute atomic E-state index is 0.210. The zero-order valence-electron chi connectivity index (χ0n) is 9.59. The van der Waals surface area contributed by atoms with E-state index in [1.54, 1.807) is 6.07 Å². The van der Waals surface area contributed by atoms with Gasteiger partial charge < -0.3 is 5.32 Å². The molecule has 0 unspecified atom stereocenters. The van der Waals surface area contributed by atoms with Crippen LogP contribution in [0.2, 0.25) is 5.02 Å². The molecule has 0 saturated heterocycles. The molecule has 0 amide bonds. The van der Waals surface area contributed by atoms with Gasteiger partial charge in [0.1, 0.15) is 5.82 Å². The predicted molar refractivity (Wildman–Crippen MR) is 76.1 cm³/mol. The van der Waals surface area contributed by atoms with E-state index in [4.69, 9.17) is 11.6 Å². The van der Waals surface area contributed by atoms with E-state index in [1.165, 1.54) is 12.1 Å². The highest BCUT2D eigenvalue weighted by molar-refractivity contribution is 9.10. The molecule has 2 aromatic carbocycles. The van der Waals surface area contributed by atoms with E-state index in [0.717, 1.165) is 15.6 Å². The fraction of sp³-hybridized carbons (Fsp3) is 0.143. The van der Waals surface area contributed by atoms with Crippen molar-refractivity contribution >= 4 is 27.5 Å². The molecule has 0 aromatic heterocycles. The third kappa shape index (κ3) is 3.80. The largest absolute Gasteiger partial charge is 0.309 e. The highest BCUT2D eigenvalue weighted by Gasteiger charge is 2.01. The van der Waals surface area contributed by atoms with E-state index in [2.05, 4.69) is 21.2 Å². The van der Waals surface area contributed by atoms with E-state index >= 15 is 0 Å². The average Bonchev–Trinajstić information content (AvgIpc) is 2.34. The number of halogens is 3. The SMILES string of the molecule is Fc1cccc(CNCc2cc(Cl)ccc2Br)c1. The number of hydrogen-bond acceptors (Lipinski definition) is 1. The van der Waals surface area contributed by atoms with Crippen molar-refractivity contribution in [2.75, 3.05) is 0 Å². The van der Waals surface area contributed by atoms with Crippen molar-refractivity contribution in [3.05, 3.63) is 68.9 Å². The van der Waals surface area contributed by atoms with Crippen LogP contribution in [0.5, 0.6) is 0 Å². The minimum Gasteiger partial charge on any atom is -0.309 e. The first-order valence-corrected chi connectivity index (χ1v) is 6.71. The Labute approximate surface area is 119 Å². The Morgan fingerprint density at radius 1 is 1.11 bits per heavy atom. The Bertz CT molecular complexity index is 545. The Morgan fingerprint density at radius 2 is 1.94 bits per heavy atom. The molecule has 0 bridgehead atoms. The van der Waals surface area contributed by atoms with Gasteiger partial charge in [-0.15, -0.1) is 0 Å². The van der Waals surface area contributed by atoms with Crippen molar-refractivity contribution < 1.29 is 4.39 Å². The number of hydrogen-bond donors (Lipinski definition) is 1. The Kier molecular flexibility index (Phi) is 4.75. The zero-order valence-corrected chi connectivity index (χ0v) is 11.9. The van der Waals surface area contributed by atoms with Crippen molar-refractivity contribution in [2.24, 2.45) is 0 Å². The molecule has 0 radical (unpaired) electrons. The van der Waals surface area contributed by atoms with E-state index in [1.807, 2.05) is 24.3 Å². The molecule has 2 aromatic rings. The van der Waals surface area contributed by atoms with Crippen molar-refractivity contribution in [1.82, 2.24) is 5.32 Å². The van der Waals surface area contributed by atoms with Crippen LogP contribution in [-0.4, -0.2) is 0 Å². The maximum atomic E-state index is 13.0. The van der Waals surface area contributed by atoms with E-state index < -0.39 is 0 Å². The molecule has 2 rings (SSSR count). The van der Waals surface area contributed by atoms with Crippen LogP contribution >= 0.6 is 27.5 Å². The lowest BCUT2D eigenvalue weighted by atomic mass is 10.2. The lowest BCUT2D eigenvalue weighted by Gasteiger charge is -2.07. The lowest BCUT2D eigenvalue weighted by Crippen LogP contribution is -2.13. The van der Waals surface area contributed by atoms with E-state index in [-0.39, 0.29) is 5.82 Å². The summed E-state index contributed by atoms with van der Waals surface area (Å²) >= 11 is 9.41. The van der Waals surface area contributed by atoms with Gasteiger partial charge in [-0.2, -0.15) is 0 Å². The molecule has 1 N–H and O–H groups in total. The summed E-state index contributed by atoms with van der Waals surface area (Å²) in [6.45, 7) is 1.30. The van der Waals surface area contributed by atoms with Crippen molar-refractivity contribution in [3.8, 4) is 0 Å². The molecular weight excluding hydrogens is 317 g/mol. The van der Waals surface area contributed by atoms with Gasteiger partial charge in [-0.3, -0.25) is 0 Å². The summed E-state index contributed by atoms with van der Waals surface area (Å²) in [6, 6.07) is 12.2. The van der Waals surface area contributed by atoms with E-state index in [9.17, 15) is 4.39 Å². The van der Waals surface area contributed by atoms with Gasteiger partial charge in [0.05, 0.1) is 0 Å². The Morgan fingerprint density at radius 3 is 2.72 bits per heavy atom. The molecule has 1 nitrogen and oxygen atoms in total. The van der Waals surface area contributed by atoms with Gasteiger partial charge in [0.15, 0.2) is 0 Å². The molecular formula is C14H12BrClFN. The highest BCUT2D eigenvalue weighted by Crippen LogP contribution is 2.21. The van der Waals surface area contributed by atoms with Crippen LogP contribution in [0.15, 0.2) is 46.9 Å². The summed E-state index contributed by atoms with van der Waals surface area (Å²) in [4.78, 5) is 0. The standard InChI is InChI=1S/C14H12BrClFN/c15-14-5-4-12(16)7-11(14)9-18-8-10-2-1-3-13(17)6-10/h1-7,18H,8-9H2. The fourth-order valence-corrected chi connectivity index (χ4v) is 2.25. The number of nitrogens with one attached hydrogen (secondary N) is 1. The second-order valence-electron chi connectivity index (χ2n) is 3.97. The molecule has 18 heavy (non-hydrogen) atoms. The van der Waals surface area contributed by atoms with Crippen molar-refractivity contribution in [2.45, 2.75) is 13.1 Å². The van der Waals surface area contributed by atoms with Crippen LogP contribution in [-0.2, 0) is 13.1 Å². The summed E-state index contributed by atoms with van der Waals surface area (Å²) in [7, 11) is 0. The monoisotopic (exact) mass is 327 g/mol. The Balaban J connectivity index is 1.94. The van der Waals surface area contributed by atoms with E-state index in [0.29, 0.717) is 18.1 Å². The van der Waals surface area contributed by atoms with Gasteiger partial charge >= 0.3 is 0 Å². The maximum Gasteiger partial charge on any atom is 0.123 e. The first-order chi connectivity index (χ1) is 8.65. The highest BCUT2D eigenvalue weighted by atomic mass is 79.9. The summed E-state index contributed by atoms with van der Waals surface area (Å²) in [6.07, 6.45) is 0. The molecule has 0 aliphatic heterocycles. The Hall–Kier alpha value is -0.900. The number of benzene rings is 2. The first kappa shape index (κ1) is 13.5. The van der Waals surface area contributed by atoms with Crippen LogP contribution in [0, 0.1) is 5.82 Å². The molecule has 0 atom stereocenters. The third-order valence-electron chi connectivity index (χ3n) is 2.54. The molecule has 94 valence electrons. The van der Waals surface area contributed by atoms with Gasteiger partial charge in [0.25, 0.3) is 0 Å². The van der Waals surface area contributed by atoms with Gasteiger partial charge in [0, 0.05) is 22.6 Å². The first-order valence-electron chi connectivity index (χ1n) is 5.54. The normalized spacial score (nSPS) is 10.6.